The van der Waals surface area contributed by atoms with Gasteiger partial charge in [-0.2, -0.15) is 0 Å². The Labute approximate surface area is 80.9 Å². The van der Waals surface area contributed by atoms with Crippen molar-refractivity contribution in [2.45, 2.75) is 32.3 Å². The summed E-state index contributed by atoms with van der Waals surface area (Å²) in [5, 5.41) is 9.25. The van der Waals surface area contributed by atoms with Gasteiger partial charge >= 0.3 is 0 Å². The van der Waals surface area contributed by atoms with Crippen molar-refractivity contribution in [3.63, 3.8) is 0 Å². The van der Waals surface area contributed by atoms with Crippen molar-refractivity contribution in [1.29, 1.82) is 0 Å². The molecule has 3 heteroatoms. The fourth-order valence-corrected chi connectivity index (χ4v) is 2.16. The average Bonchev–Trinajstić information content (AvgIpc) is 2.04. The minimum atomic E-state index is -0.198. The van der Waals surface area contributed by atoms with Crippen LogP contribution in [0.25, 0.3) is 0 Å². The maximum atomic E-state index is 9.25. The maximum absolute atomic E-state index is 9.25. The molecule has 0 saturated carbocycles. The van der Waals surface area contributed by atoms with Gasteiger partial charge in [0.15, 0.2) is 0 Å². The first-order chi connectivity index (χ1) is 6.22. The summed E-state index contributed by atoms with van der Waals surface area (Å²) in [6.07, 6.45) is 3.51. The smallest absolute Gasteiger partial charge is 0.0639 e. The molecule has 0 aromatic rings. The molecule has 78 valence electrons. The Balaban J connectivity index is 2.24. The van der Waals surface area contributed by atoms with E-state index in [-0.39, 0.29) is 6.10 Å². The zero-order valence-electron chi connectivity index (χ0n) is 8.58. The summed E-state index contributed by atoms with van der Waals surface area (Å²) in [5.74, 6) is 0.762. The normalized spacial score (nSPS) is 27.5. The van der Waals surface area contributed by atoms with Gasteiger partial charge in [0.05, 0.1) is 6.10 Å². The number of rotatable bonds is 4. The number of piperidine rings is 1. The Morgan fingerprint density at radius 3 is 3.00 bits per heavy atom. The van der Waals surface area contributed by atoms with Crippen molar-refractivity contribution in [3.8, 4) is 0 Å². The van der Waals surface area contributed by atoms with E-state index in [0.717, 1.165) is 38.5 Å². The Hall–Kier alpha value is -0.120. The van der Waals surface area contributed by atoms with Gasteiger partial charge in [-0.1, -0.05) is 0 Å². The van der Waals surface area contributed by atoms with Gasteiger partial charge in [-0.25, -0.2) is 0 Å². The van der Waals surface area contributed by atoms with Gasteiger partial charge in [-0.05, 0) is 45.2 Å². The van der Waals surface area contributed by atoms with Crippen molar-refractivity contribution in [2.24, 2.45) is 11.7 Å². The first kappa shape index (κ1) is 11.0. The molecule has 13 heavy (non-hydrogen) atoms. The molecule has 0 spiro atoms. The van der Waals surface area contributed by atoms with Gasteiger partial charge in [-0.15, -0.1) is 0 Å². The first-order valence-electron chi connectivity index (χ1n) is 5.33. The number of nitrogens with two attached hydrogens (primary N) is 1. The molecule has 3 nitrogen and oxygen atoms in total. The monoisotopic (exact) mass is 186 g/mol. The second-order valence-corrected chi connectivity index (χ2v) is 4.19. The lowest BCUT2D eigenvalue weighted by Gasteiger charge is -2.33. The molecule has 1 unspecified atom stereocenters. The SMILES string of the molecule is C[C@H](O)CN1CCCC(CCN)C1. The molecule has 1 aliphatic rings. The third-order valence-electron chi connectivity index (χ3n) is 2.70. The summed E-state index contributed by atoms with van der Waals surface area (Å²) in [4.78, 5) is 2.36. The minimum absolute atomic E-state index is 0.198. The van der Waals surface area contributed by atoms with Gasteiger partial charge in [-0.3, -0.25) is 0 Å². The standard InChI is InChI=1S/C10H22N2O/c1-9(13)7-12-6-2-3-10(8-12)4-5-11/h9-10,13H,2-8,11H2,1H3/t9-,10?/m0/s1. The van der Waals surface area contributed by atoms with E-state index in [9.17, 15) is 5.11 Å². The molecule has 0 aromatic carbocycles. The topological polar surface area (TPSA) is 49.5 Å². The van der Waals surface area contributed by atoms with Crippen LogP contribution in [0.1, 0.15) is 26.2 Å². The van der Waals surface area contributed by atoms with Crippen LogP contribution in [0.3, 0.4) is 0 Å². The summed E-state index contributed by atoms with van der Waals surface area (Å²) in [7, 11) is 0. The molecule has 0 aromatic heterocycles. The van der Waals surface area contributed by atoms with Gasteiger partial charge in [0.1, 0.15) is 0 Å². The number of hydrogen-bond donors (Lipinski definition) is 2. The third-order valence-corrected chi connectivity index (χ3v) is 2.70. The fraction of sp³-hybridized carbons (Fsp3) is 1.00. The summed E-state index contributed by atoms with van der Waals surface area (Å²) >= 11 is 0. The van der Waals surface area contributed by atoms with E-state index in [4.69, 9.17) is 5.73 Å². The van der Waals surface area contributed by atoms with Crippen LogP contribution in [0, 0.1) is 5.92 Å². The largest absolute Gasteiger partial charge is 0.392 e. The van der Waals surface area contributed by atoms with E-state index in [1.807, 2.05) is 6.92 Å². The molecule has 3 N–H and O–H groups in total. The molecule has 1 heterocycles. The van der Waals surface area contributed by atoms with Gasteiger partial charge < -0.3 is 15.7 Å². The van der Waals surface area contributed by atoms with Crippen molar-refractivity contribution in [3.05, 3.63) is 0 Å². The van der Waals surface area contributed by atoms with Crippen molar-refractivity contribution < 1.29 is 5.11 Å². The maximum Gasteiger partial charge on any atom is 0.0639 e. The predicted molar refractivity (Wildman–Crippen MR) is 54.5 cm³/mol. The van der Waals surface area contributed by atoms with Gasteiger partial charge in [0, 0.05) is 13.1 Å². The quantitative estimate of drug-likeness (QED) is 0.669. The molecule has 1 fully saturated rings. The number of aliphatic hydroxyl groups excluding tert-OH is 1. The lowest BCUT2D eigenvalue weighted by atomic mass is 9.95. The number of nitrogens with zero attached hydrogens (tertiary/aromatic N) is 1. The highest BCUT2D eigenvalue weighted by molar-refractivity contribution is 4.74. The summed E-state index contributed by atoms with van der Waals surface area (Å²) in [6, 6.07) is 0. The summed E-state index contributed by atoms with van der Waals surface area (Å²) < 4.78 is 0. The van der Waals surface area contributed by atoms with E-state index in [1.54, 1.807) is 0 Å². The van der Waals surface area contributed by atoms with Crippen molar-refractivity contribution in [2.75, 3.05) is 26.2 Å². The molecule has 0 radical (unpaired) electrons. The molecule has 0 aliphatic carbocycles. The Bertz CT molecular complexity index is 137. The molecule has 1 saturated heterocycles. The minimum Gasteiger partial charge on any atom is -0.392 e. The van der Waals surface area contributed by atoms with E-state index < -0.39 is 0 Å². The Morgan fingerprint density at radius 2 is 2.38 bits per heavy atom. The molecule has 0 amide bonds. The second kappa shape index (κ2) is 5.58. The van der Waals surface area contributed by atoms with Crippen LogP contribution in [0.2, 0.25) is 0 Å². The number of hydrogen-bond acceptors (Lipinski definition) is 3. The molecule has 1 aliphatic heterocycles. The third kappa shape index (κ3) is 4.07. The Kier molecular flexibility index (Phi) is 4.70. The zero-order valence-corrected chi connectivity index (χ0v) is 8.58. The van der Waals surface area contributed by atoms with E-state index in [2.05, 4.69) is 4.90 Å². The Morgan fingerprint density at radius 1 is 1.62 bits per heavy atom. The highest BCUT2D eigenvalue weighted by atomic mass is 16.3. The number of likely N-dealkylation sites (tertiary alicyclic amines) is 1. The van der Waals surface area contributed by atoms with E-state index in [0.29, 0.717) is 0 Å². The highest BCUT2D eigenvalue weighted by Crippen LogP contribution is 2.18. The molecule has 0 bridgehead atoms. The number of aliphatic hydroxyl groups is 1. The van der Waals surface area contributed by atoms with Crippen molar-refractivity contribution >= 4 is 0 Å². The van der Waals surface area contributed by atoms with Crippen LogP contribution in [-0.2, 0) is 0 Å². The van der Waals surface area contributed by atoms with E-state index >= 15 is 0 Å². The fourth-order valence-electron chi connectivity index (χ4n) is 2.16. The molecular weight excluding hydrogens is 164 g/mol. The molecular formula is C10H22N2O. The predicted octanol–water partition coefficient (Wildman–Crippen LogP) is 0.428. The summed E-state index contributed by atoms with van der Waals surface area (Å²) in [5.41, 5.74) is 5.54. The molecule has 1 rings (SSSR count). The van der Waals surface area contributed by atoms with Crippen LogP contribution >= 0.6 is 0 Å². The molecule has 2 atom stereocenters. The first-order valence-corrected chi connectivity index (χ1v) is 5.33. The van der Waals surface area contributed by atoms with Crippen LogP contribution in [0.15, 0.2) is 0 Å². The zero-order chi connectivity index (χ0) is 9.68. The van der Waals surface area contributed by atoms with E-state index in [1.165, 1.54) is 12.8 Å². The van der Waals surface area contributed by atoms with Crippen molar-refractivity contribution in [1.82, 2.24) is 4.90 Å². The van der Waals surface area contributed by atoms with Gasteiger partial charge in [0.25, 0.3) is 0 Å². The number of β-amino-alcohol motifs (C(OH)–C–C–N with tert-alkyl or cyclic N) is 1. The van der Waals surface area contributed by atoms with Crippen LogP contribution < -0.4 is 5.73 Å². The van der Waals surface area contributed by atoms with Crippen LogP contribution in [-0.4, -0.2) is 42.3 Å². The van der Waals surface area contributed by atoms with Crippen LogP contribution in [0.4, 0.5) is 0 Å². The average molecular weight is 186 g/mol. The second-order valence-electron chi connectivity index (χ2n) is 4.19. The summed E-state index contributed by atoms with van der Waals surface area (Å²) in [6.45, 7) is 5.74. The van der Waals surface area contributed by atoms with Gasteiger partial charge in [0.2, 0.25) is 0 Å². The lowest BCUT2D eigenvalue weighted by molar-refractivity contribution is 0.0933. The lowest BCUT2D eigenvalue weighted by Crippen LogP contribution is -2.39. The van der Waals surface area contributed by atoms with Crippen LogP contribution in [0.5, 0.6) is 0 Å². The highest BCUT2D eigenvalue weighted by Gasteiger charge is 2.19.